The summed E-state index contributed by atoms with van der Waals surface area (Å²) in [5.74, 6) is -0.244. The summed E-state index contributed by atoms with van der Waals surface area (Å²) in [6, 6.07) is 16.3. The standard InChI is InChI=1S/C21H14ClFN2O2/c1-12-2-8-16(17(22)10-12)20(26)24-15-7-9-19-18(11-15)25-21(27-19)13-3-5-14(23)6-4-13/h2-11H,1H3,(H,24,26). The highest BCUT2D eigenvalue weighted by Crippen LogP contribution is 2.27. The van der Waals surface area contributed by atoms with Crippen molar-refractivity contribution in [2.24, 2.45) is 0 Å². The van der Waals surface area contributed by atoms with E-state index in [0.29, 0.717) is 38.8 Å². The summed E-state index contributed by atoms with van der Waals surface area (Å²) >= 11 is 6.15. The van der Waals surface area contributed by atoms with Crippen LogP contribution >= 0.6 is 11.6 Å². The normalized spacial score (nSPS) is 10.9. The lowest BCUT2D eigenvalue weighted by atomic mass is 10.1. The van der Waals surface area contributed by atoms with Gasteiger partial charge in [0.25, 0.3) is 5.91 Å². The highest BCUT2D eigenvalue weighted by atomic mass is 35.5. The van der Waals surface area contributed by atoms with Crippen molar-refractivity contribution < 1.29 is 13.6 Å². The number of aromatic nitrogens is 1. The van der Waals surface area contributed by atoms with Gasteiger partial charge in [-0.15, -0.1) is 0 Å². The minimum atomic E-state index is -0.324. The van der Waals surface area contributed by atoms with Gasteiger partial charge >= 0.3 is 0 Å². The molecule has 0 saturated heterocycles. The molecule has 0 atom stereocenters. The van der Waals surface area contributed by atoms with E-state index in [0.717, 1.165) is 5.56 Å². The van der Waals surface area contributed by atoms with Crippen LogP contribution in [0.4, 0.5) is 10.1 Å². The van der Waals surface area contributed by atoms with Gasteiger partial charge in [0.1, 0.15) is 11.3 Å². The monoisotopic (exact) mass is 380 g/mol. The maximum absolute atomic E-state index is 13.1. The first-order chi connectivity index (χ1) is 13.0. The summed E-state index contributed by atoms with van der Waals surface area (Å²) in [6.45, 7) is 1.91. The van der Waals surface area contributed by atoms with Crippen molar-refractivity contribution in [3.05, 3.63) is 82.6 Å². The number of aryl methyl sites for hydroxylation is 1. The Morgan fingerprint density at radius 2 is 1.85 bits per heavy atom. The number of hydrogen-bond acceptors (Lipinski definition) is 3. The molecular formula is C21H14ClFN2O2. The second kappa shape index (κ2) is 6.85. The molecule has 4 aromatic rings. The molecule has 1 amide bonds. The summed E-state index contributed by atoms with van der Waals surface area (Å²) in [7, 11) is 0. The van der Waals surface area contributed by atoms with Gasteiger partial charge < -0.3 is 9.73 Å². The van der Waals surface area contributed by atoms with Crippen molar-refractivity contribution in [2.75, 3.05) is 5.32 Å². The van der Waals surface area contributed by atoms with Gasteiger partial charge in [0.05, 0.1) is 10.6 Å². The topological polar surface area (TPSA) is 55.1 Å². The summed E-state index contributed by atoms with van der Waals surface area (Å²) in [5.41, 5.74) is 3.78. The molecule has 4 rings (SSSR count). The average Bonchev–Trinajstić information content (AvgIpc) is 3.05. The Kier molecular flexibility index (Phi) is 4.38. The smallest absolute Gasteiger partial charge is 0.257 e. The zero-order valence-electron chi connectivity index (χ0n) is 14.3. The van der Waals surface area contributed by atoms with Gasteiger partial charge in [-0.3, -0.25) is 4.79 Å². The molecule has 27 heavy (non-hydrogen) atoms. The number of anilines is 1. The van der Waals surface area contributed by atoms with Crippen LogP contribution in [-0.4, -0.2) is 10.9 Å². The molecule has 0 fully saturated rings. The van der Waals surface area contributed by atoms with E-state index in [4.69, 9.17) is 16.0 Å². The summed E-state index contributed by atoms with van der Waals surface area (Å²) in [6.07, 6.45) is 0. The molecule has 1 aromatic heterocycles. The van der Waals surface area contributed by atoms with Crippen LogP contribution < -0.4 is 5.32 Å². The molecular weight excluding hydrogens is 367 g/mol. The third-order valence-electron chi connectivity index (χ3n) is 4.11. The molecule has 3 aromatic carbocycles. The molecule has 0 bridgehead atoms. The van der Waals surface area contributed by atoms with E-state index in [-0.39, 0.29) is 11.7 Å². The fourth-order valence-corrected chi connectivity index (χ4v) is 3.04. The van der Waals surface area contributed by atoms with Crippen molar-refractivity contribution in [3.63, 3.8) is 0 Å². The summed E-state index contributed by atoms with van der Waals surface area (Å²) < 4.78 is 18.8. The summed E-state index contributed by atoms with van der Waals surface area (Å²) in [5, 5.41) is 3.21. The zero-order valence-corrected chi connectivity index (χ0v) is 15.0. The zero-order chi connectivity index (χ0) is 19.0. The Bertz CT molecular complexity index is 1150. The first-order valence-electron chi connectivity index (χ1n) is 8.23. The van der Waals surface area contributed by atoms with E-state index in [1.807, 2.05) is 13.0 Å². The number of carbonyl (C=O) groups excluding carboxylic acids is 1. The molecule has 0 aliphatic carbocycles. The van der Waals surface area contributed by atoms with E-state index in [2.05, 4.69) is 10.3 Å². The van der Waals surface area contributed by atoms with Gasteiger partial charge in [0.15, 0.2) is 5.58 Å². The Hall–Kier alpha value is -3.18. The first-order valence-corrected chi connectivity index (χ1v) is 8.61. The van der Waals surface area contributed by atoms with E-state index < -0.39 is 0 Å². The van der Waals surface area contributed by atoms with Crippen LogP contribution in [0.3, 0.4) is 0 Å². The largest absolute Gasteiger partial charge is 0.436 e. The number of oxazole rings is 1. The molecule has 0 radical (unpaired) electrons. The first kappa shape index (κ1) is 17.2. The number of carbonyl (C=O) groups is 1. The maximum atomic E-state index is 13.1. The number of halogens is 2. The van der Waals surface area contributed by atoms with Crippen LogP contribution in [0, 0.1) is 12.7 Å². The van der Waals surface area contributed by atoms with Crippen LogP contribution in [0.15, 0.2) is 65.1 Å². The van der Waals surface area contributed by atoms with Crippen LogP contribution in [0.2, 0.25) is 5.02 Å². The van der Waals surface area contributed by atoms with Crippen LogP contribution in [0.1, 0.15) is 15.9 Å². The molecule has 1 heterocycles. The van der Waals surface area contributed by atoms with Gasteiger partial charge in [-0.25, -0.2) is 9.37 Å². The van der Waals surface area contributed by atoms with E-state index >= 15 is 0 Å². The quantitative estimate of drug-likeness (QED) is 0.485. The third-order valence-corrected chi connectivity index (χ3v) is 4.42. The number of fused-ring (bicyclic) bond motifs is 1. The second-order valence-electron chi connectivity index (χ2n) is 6.15. The fraction of sp³-hybridized carbons (Fsp3) is 0.0476. The second-order valence-corrected chi connectivity index (χ2v) is 6.55. The molecule has 134 valence electrons. The van der Waals surface area contributed by atoms with Gasteiger partial charge in [-0.1, -0.05) is 17.7 Å². The van der Waals surface area contributed by atoms with Gasteiger partial charge in [-0.2, -0.15) is 0 Å². The van der Waals surface area contributed by atoms with Crippen molar-refractivity contribution >= 4 is 34.3 Å². The highest BCUT2D eigenvalue weighted by Gasteiger charge is 2.13. The SMILES string of the molecule is Cc1ccc(C(=O)Nc2ccc3oc(-c4ccc(F)cc4)nc3c2)c(Cl)c1. The summed E-state index contributed by atoms with van der Waals surface area (Å²) in [4.78, 5) is 16.9. The highest BCUT2D eigenvalue weighted by molar-refractivity contribution is 6.34. The number of rotatable bonds is 3. The average molecular weight is 381 g/mol. The fourth-order valence-electron chi connectivity index (χ4n) is 2.72. The van der Waals surface area contributed by atoms with Gasteiger partial charge in [0, 0.05) is 11.3 Å². The Morgan fingerprint density at radius 3 is 2.59 bits per heavy atom. The van der Waals surface area contributed by atoms with E-state index in [1.54, 1.807) is 42.5 Å². The number of amides is 1. The predicted molar refractivity (Wildman–Crippen MR) is 104 cm³/mol. The molecule has 0 unspecified atom stereocenters. The molecule has 0 aliphatic heterocycles. The van der Waals surface area contributed by atoms with Crippen molar-refractivity contribution in [3.8, 4) is 11.5 Å². The predicted octanol–water partition coefficient (Wildman–Crippen LogP) is 5.85. The molecule has 0 saturated carbocycles. The number of benzene rings is 3. The van der Waals surface area contributed by atoms with Gasteiger partial charge in [-0.05, 0) is 67.1 Å². The van der Waals surface area contributed by atoms with Crippen molar-refractivity contribution in [1.82, 2.24) is 4.98 Å². The van der Waals surface area contributed by atoms with Crippen molar-refractivity contribution in [2.45, 2.75) is 6.92 Å². The molecule has 0 aliphatic rings. The van der Waals surface area contributed by atoms with Crippen LogP contribution in [0.5, 0.6) is 0 Å². The Labute approximate surface area is 159 Å². The third kappa shape index (κ3) is 3.55. The number of nitrogens with zero attached hydrogens (tertiary/aromatic N) is 1. The molecule has 1 N–H and O–H groups in total. The molecule has 4 nitrogen and oxygen atoms in total. The van der Waals surface area contributed by atoms with E-state index in [1.165, 1.54) is 12.1 Å². The van der Waals surface area contributed by atoms with Crippen LogP contribution in [0.25, 0.3) is 22.6 Å². The molecule has 0 spiro atoms. The minimum Gasteiger partial charge on any atom is -0.436 e. The lowest BCUT2D eigenvalue weighted by Crippen LogP contribution is -2.12. The Balaban J connectivity index is 1.61. The van der Waals surface area contributed by atoms with E-state index in [9.17, 15) is 9.18 Å². The van der Waals surface area contributed by atoms with Crippen LogP contribution in [-0.2, 0) is 0 Å². The molecule has 6 heteroatoms. The minimum absolute atomic E-state index is 0.304. The number of hydrogen-bond donors (Lipinski definition) is 1. The lowest BCUT2D eigenvalue weighted by molar-refractivity contribution is 0.102. The van der Waals surface area contributed by atoms with Gasteiger partial charge in [0.2, 0.25) is 5.89 Å². The maximum Gasteiger partial charge on any atom is 0.257 e. The Morgan fingerprint density at radius 1 is 1.07 bits per heavy atom. The van der Waals surface area contributed by atoms with Crippen molar-refractivity contribution in [1.29, 1.82) is 0 Å². The number of nitrogens with one attached hydrogen (secondary N) is 1. The lowest BCUT2D eigenvalue weighted by Gasteiger charge is -2.07.